The molecule has 0 radical (unpaired) electrons. The van der Waals surface area contributed by atoms with Crippen molar-refractivity contribution in [1.29, 1.82) is 0 Å². The standard InChI is InChI=1S/C20H15F3N4O2S/c1-13-18(25-19-24-10-5-11-27(13)19)14-6-4-7-15(12-14)26-30(28,29)17-9-3-2-8-16(17)20(21,22)23/h2-12,26H,1H3. The second kappa shape index (κ2) is 7.13. The number of anilines is 1. The highest BCUT2D eigenvalue weighted by Gasteiger charge is 2.36. The van der Waals surface area contributed by atoms with E-state index in [1.807, 2.05) is 6.92 Å². The molecular weight excluding hydrogens is 417 g/mol. The van der Waals surface area contributed by atoms with E-state index in [0.717, 1.165) is 23.9 Å². The number of imidazole rings is 1. The van der Waals surface area contributed by atoms with Crippen LogP contribution >= 0.6 is 0 Å². The van der Waals surface area contributed by atoms with E-state index in [0.29, 0.717) is 17.0 Å². The van der Waals surface area contributed by atoms with Crippen molar-refractivity contribution in [2.45, 2.75) is 18.0 Å². The van der Waals surface area contributed by atoms with E-state index in [1.54, 1.807) is 35.0 Å². The Labute approximate surface area is 170 Å². The third-order valence-corrected chi connectivity index (χ3v) is 5.95. The van der Waals surface area contributed by atoms with Gasteiger partial charge in [-0.05, 0) is 37.3 Å². The predicted molar refractivity (Wildman–Crippen MR) is 105 cm³/mol. The van der Waals surface area contributed by atoms with Gasteiger partial charge in [0.05, 0.1) is 16.2 Å². The van der Waals surface area contributed by atoms with Gasteiger partial charge in [-0.2, -0.15) is 13.2 Å². The van der Waals surface area contributed by atoms with Crippen LogP contribution in [0.25, 0.3) is 17.0 Å². The van der Waals surface area contributed by atoms with E-state index in [-0.39, 0.29) is 5.69 Å². The van der Waals surface area contributed by atoms with Crippen LogP contribution in [0.15, 0.2) is 71.9 Å². The fourth-order valence-corrected chi connectivity index (χ4v) is 4.43. The lowest BCUT2D eigenvalue weighted by atomic mass is 10.1. The topological polar surface area (TPSA) is 76.4 Å². The average Bonchev–Trinajstić information content (AvgIpc) is 3.04. The first kappa shape index (κ1) is 19.9. The number of nitrogens with zero attached hydrogens (tertiary/aromatic N) is 3. The SMILES string of the molecule is Cc1c(-c2cccc(NS(=O)(=O)c3ccccc3C(F)(F)F)c2)nc2ncccn12. The van der Waals surface area contributed by atoms with E-state index >= 15 is 0 Å². The molecule has 0 bridgehead atoms. The predicted octanol–water partition coefficient (Wildman–Crippen LogP) is 4.52. The number of aromatic nitrogens is 3. The highest BCUT2D eigenvalue weighted by atomic mass is 32.2. The molecule has 0 fully saturated rings. The molecule has 6 nitrogen and oxygen atoms in total. The summed E-state index contributed by atoms with van der Waals surface area (Å²) in [6.45, 7) is 1.84. The molecule has 0 spiro atoms. The van der Waals surface area contributed by atoms with Crippen LogP contribution in [0.3, 0.4) is 0 Å². The summed E-state index contributed by atoms with van der Waals surface area (Å²) in [5.41, 5.74) is 0.873. The van der Waals surface area contributed by atoms with E-state index in [4.69, 9.17) is 0 Å². The van der Waals surface area contributed by atoms with Gasteiger partial charge in [-0.1, -0.05) is 24.3 Å². The molecule has 0 aliphatic rings. The number of hydrogen-bond donors (Lipinski definition) is 1. The van der Waals surface area contributed by atoms with Gasteiger partial charge in [0.1, 0.15) is 0 Å². The summed E-state index contributed by atoms with van der Waals surface area (Å²) in [7, 11) is -4.47. The summed E-state index contributed by atoms with van der Waals surface area (Å²) in [6, 6.07) is 12.1. The zero-order valence-electron chi connectivity index (χ0n) is 15.6. The number of alkyl halides is 3. The highest BCUT2D eigenvalue weighted by Crippen LogP contribution is 2.35. The molecule has 30 heavy (non-hydrogen) atoms. The lowest BCUT2D eigenvalue weighted by Crippen LogP contribution is -2.18. The molecule has 0 unspecified atom stereocenters. The van der Waals surface area contributed by atoms with Crippen molar-refractivity contribution in [3.8, 4) is 11.3 Å². The van der Waals surface area contributed by atoms with Gasteiger partial charge in [0.25, 0.3) is 10.0 Å². The van der Waals surface area contributed by atoms with Crippen LogP contribution in [0.1, 0.15) is 11.3 Å². The van der Waals surface area contributed by atoms with Crippen LogP contribution in [0.5, 0.6) is 0 Å². The maximum absolute atomic E-state index is 13.2. The Morgan fingerprint density at radius 3 is 2.53 bits per heavy atom. The highest BCUT2D eigenvalue weighted by molar-refractivity contribution is 7.92. The van der Waals surface area contributed by atoms with Gasteiger partial charge in [0, 0.05) is 29.3 Å². The van der Waals surface area contributed by atoms with Gasteiger partial charge in [0.15, 0.2) is 0 Å². The average molecular weight is 432 g/mol. The Kier molecular flexibility index (Phi) is 4.73. The molecule has 0 saturated carbocycles. The molecule has 0 aliphatic heterocycles. The molecular formula is C20H15F3N4O2S. The second-order valence-electron chi connectivity index (χ2n) is 6.52. The first-order valence-electron chi connectivity index (χ1n) is 8.76. The van der Waals surface area contributed by atoms with E-state index in [1.165, 1.54) is 18.2 Å². The number of sulfonamides is 1. The molecule has 0 aliphatic carbocycles. The molecule has 4 rings (SSSR count). The largest absolute Gasteiger partial charge is 0.417 e. The van der Waals surface area contributed by atoms with Crippen molar-refractivity contribution < 1.29 is 21.6 Å². The van der Waals surface area contributed by atoms with Crippen LogP contribution in [-0.4, -0.2) is 22.8 Å². The second-order valence-corrected chi connectivity index (χ2v) is 8.17. The van der Waals surface area contributed by atoms with Gasteiger partial charge < -0.3 is 0 Å². The Hall–Kier alpha value is -3.40. The molecule has 0 saturated heterocycles. The molecule has 2 aromatic carbocycles. The minimum atomic E-state index is -4.80. The molecule has 4 aromatic rings. The molecule has 10 heteroatoms. The van der Waals surface area contributed by atoms with Gasteiger partial charge in [-0.15, -0.1) is 0 Å². The lowest BCUT2D eigenvalue weighted by molar-refractivity contribution is -0.139. The summed E-state index contributed by atoms with van der Waals surface area (Å²) in [4.78, 5) is 7.79. The molecule has 2 aromatic heterocycles. The third kappa shape index (κ3) is 3.61. The number of hydrogen-bond acceptors (Lipinski definition) is 4. The summed E-state index contributed by atoms with van der Waals surface area (Å²) >= 11 is 0. The Morgan fingerprint density at radius 2 is 1.80 bits per heavy atom. The van der Waals surface area contributed by atoms with E-state index in [9.17, 15) is 21.6 Å². The van der Waals surface area contributed by atoms with Crippen molar-refractivity contribution in [1.82, 2.24) is 14.4 Å². The smallest absolute Gasteiger partial charge is 0.288 e. The Balaban J connectivity index is 1.73. The first-order valence-corrected chi connectivity index (χ1v) is 10.2. The Bertz CT molecular complexity index is 1350. The molecule has 1 N–H and O–H groups in total. The summed E-state index contributed by atoms with van der Waals surface area (Å²) < 4.78 is 69.1. The summed E-state index contributed by atoms with van der Waals surface area (Å²) in [5, 5.41) is 0. The van der Waals surface area contributed by atoms with Gasteiger partial charge in [0.2, 0.25) is 5.78 Å². The van der Waals surface area contributed by atoms with E-state index < -0.39 is 26.7 Å². The van der Waals surface area contributed by atoms with Crippen molar-refractivity contribution in [3.63, 3.8) is 0 Å². The van der Waals surface area contributed by atoms with Crippen LogP contribution in [0.2, 0.25) is 0 Å². The number of aryl methyl sites for hydroxylation is 1. The molecule has 0 amide bonds. The van der Waals surface area contributed by atoms with Crippen LogP contribution in [0, 0.1) is 6.92 Å². The normalized spacial score (nSPS) is 12.3. The van der Waals surface area contributed by atoms with Gasteiger partial charge in [-0.25, -0.2) is 18.4 Å². The zero-order valence-corrected chi connectivity index (χ0v) is 16.4. The quantitative estimate of drug-likeness (QED) is 0.514. The van der Waals surface area contributed by atoms with Crippen molar-refractivity contribution in [2.75, 3.05) is 4.72 Å². The molecule has 154 valence electrons. The summed E-state index contributed by atoms with van der Waals surface area (Å²) in [5.74, 6) is 0.482. The fourth-order valence-electron chi connectivity index (χ4n) is 3.15. The van der Waals surface area contributed by atoms with Crippen molar-refractivity contribution in [2.24, 2.45) is 0 Å². The maximum atomic E-state index is 13.2. The number of halogens is 3. The zero-order chi connectivity index (χ0) is 21.5. The minimum Gasteiger partial charge on any atom is -0.288 e. The number of fused-ring (bicyclic) bond motifs is 1. The van der Waals surface area contributed by atoms with Crippen LogP contribution in [-0.2, 0) is 16.2 Å². The number of rotatable bonds is 4. The van der Waals surface area contributed by atoms with Crippen LogP contribution < -0.4 is 4.72 Å². The van der Waals surface area contributed by atoms with Crippen molar-refractivity contribution >= 4 is 21.5 Å². The fraction of sp³-hybridized carbons (Fsp3) is 0.100. The summed E-state index contributed by atoms with van der Waals surface area (Å²) in [6.07, 6.45) is -1.39. The molecule has 2 heterocycles. The van der Waals surface area contributed by atoms with Crippen molar-refractivity contribution in [3.05, 3.63) is 78.2 Å². The first-order chi connectivity index (χ1) is 14.2. The van der Waals surface area contributed by atoms with Gasteiger partial charge >= 0.3 is 6.18 Å². The minimum absolute atomic E-state index is 0.119. The number of nitrogens with one attached hydrogen (secondary N) is 1. The monoisotopic (exact) mass is 432 g/mol. The van der Waals surface area contributed by atoms with E-state index in [2.05, 4.69) is 14.7 Å². The molecule has 0 atom stereocenters. The Morgan fingerprint density at radius 1 is 1.03 bits per heavy atom. The third-order valence-electron chi connectivity index (χ3n) is 4.51. The maximum Gasteiger partial charge on any atom is 0.417 e. The lowest BCUT2D eigenvalue weighted by Gasteiger charge is -2.14. The van der Waals surface area contributed by atoms with Crippen LogP contribution in [0.4, 0.5) is 18.9 Å². The van der Waals surface area contributed by atoms with Gasteiger partial charge in [-0.3, -0.25) is 9.12 Å². The number of benzene rings is 2.